The third kappa shape index (κ3) is 9.70. The van der Waals surface area contributed by atoms with E-state index in [4.69, 9.17) is 21.1 Å². The molecular weight excluding hydrogens is 534 g/mol. The lowest BCUT2D eigenvalue weighted by Crippen LogP contribution is -2.46. The Labute approximate surface area is 229 Å². The Morgan fingerprint density at radius 3 is 2.69 bits per heavy atom. The van der Waals surface area contributed by atoms with E-state index in [0.717, 1.165) is 0 Å². The fourth-order valence-corrected chi connectivity index (χ4v) is 3.62. The number of aliphatic hydroxyl groups is 1. The lowest BCUT2D eigenvalue weighted by atomic mass is 9.97. The Hall–Kier alpha value is -3.38. The van der Waals surface area contributed by atoms with Gasteiger partial charge in [-0.1, -0.05) is 37.6 Å². The molecule has 1 atom stereocenters. The summed E-state index contributed by atoms with van der Waals surface area (Å²) < 4.78 is 38.0. The zero-order valence-corrected chi connectivity index (χ0v) is 22.4. The number of pyridine rings is 1. The van der Waals surface area contributed by atoms with Crippen LogP contribution in [0, 0.1) is 17.0 Å². The Balaban J connectivity index is 1.54. The second-order valence-corrected chi connectivity index (χ2v) is 10.1. The highest BCUT2D eigenvalue weighted by Crippen LogP contribution is 2.20. The lowest BCUT2D eigenvalue weighted by molar-refractivity contribution is -0.122. The molecule has 1 aromatic heterocycles. The van der Waals surface area contributed by atoms with E-state index < -0.39 is 35.1 Å². The number of carbonyl (C=O) groups is 2. The summed E-state index contributed by atoms with van der Waals surface area (Å²) in [6.45, 7) is 3.56. The lowest BCUT2D eigenvalue weighted by Gasteiger charge is -2.24. The standard InChI is InChI=1S/C27H31ClF2N4O5/c1-27(2,15-35)16-38-13-21(33-24(36)12-31-10-18-4-3-5-22(30)25(18)28)14-39-26(37)34-23-9-19-8-20(29)7-6-17(19)11-32-23/h3-9,11,21,31,35H,10,12-16H2,1-2H3,(H,33,36)(H,32,34,37)/t21-/m0/s1. The largest absolute Gasteiger partial charge is 0.447 e. The van der Waals surface area contributed by atoms with E-state index in [0.29, 0.717) is 16.3 Å². The van der Waals surface area contributed by atoms with Crippen LogP contribution >= 0.6 is 11.6 Å². The number of aliphatic hydroxyl groups excluding tert-OH is 1. The van der Waals surface area contributed by atoms with Crippen LogP contribution in [0.2, 0.25) is 5.02 Å². The van der Waals surface area contributed by atoms with Crippen LogP contribution in [0.3, 0.4) is 0 Å². The number of ether oxygens (including phenoxy) is 2. The number of fused-ring (bicyclic) bond motifs is 1. The number of nitrogens with zero attached hydrogens (tertiary/aromatic N) is 1. The molecule has 0 bridgehead atoms. The molecule has 0 unspecified atom stereocenters. The third-order valence-electron chi connectivity index (χ3n) is 5.57. The smallest absolute Gasteiger partial charge is 0.412 e. The van der Waals surface area contributed by atoms with Crippen molar-refractivity contribution in [3.05, 3.63) is 70.9 Å². The van der Waals surface area contributed by atoms with E-state index in [9.17, 15) is 23.5 Å². The number of carbonyl (C=O) groups excluding carboxylic acids is 2. The molecule has 0 aliphatic carbocycles. The van der Waals surface area contributed by atoms with Gasteiger partial charge in [0.05, 0.1) is 37.4 Å². The van der Waals surface area contributed by atoms with E-state index in [1.54, 1.807) is 12.1 Å². The fourth-order valence-electron chi connectivity index (χ4n) is 3.43. The summed E-state index contributed by atoms with van der Waals surface area (Å²) in [5.74, 6) is -1.22. The first-order chi connectivity index (χ1) is 18.6. The molecule has 4 N–H and O–H groups in total. The number of hydrogen-bond acceptors (Lipinski definition) is 7. The fraction of sp³-hybridized carbons (Fsp3) is 0.370. The summed E-state index contributed by atoms with van der Waals surface area (Å²) >= 11 is 5.94. The van der Waals surface area contributed by atoms with Gasteiger partial charge in [0.1, 0.15) is 24.1 Å². The van der Waals surface area contributed by atoms with Crippen molar-refractivity contribution in [1.29, 1.82) is 0 Å². The van der Waals surface area contributed by atoms with Crippen LogP contribution in [-0.4, -0.2) is 61.1 Å². The van der Waals surface area contributed by atoms with Crippen LogP contribution in [0.4, 0.5) is 19.4 Å². The quantitative estimate of drug-likeness (QED) is 0.247. The van der Waals surface area contributed by atoms with Crippen LogP contribution in [0.25, 0.3) is 10.8 Å². The van der Waals surface area contributed by atoms with Gasteiger partial charge in [-0.15, -0.1) is 0 Å². The molecule has 0 aliphatic rings. The molecule has 9 nitrogen and oxygen atoms in total. The van der Waals surface area contributed by atoms with Crippen LogP contribution in [-0.2, 0) is 20.8 Å². The zero-order valence-electron chi connectivity index (χ0n) is 21.6. The van der Waals surface area contributed by atoms with Gasteiger partial charge in [0, 0.05) is 23.5 Å². The number of nitrogens with one attached hydrogen (secondary N) is 3. The van der Waals surface area contributed by atoms with E-state index >= 15 is 0 Å². The van der Waals surface area contributed by atoms with Crippen LogP contribution in [0.1, 0.15) is 19.4 Å². The minimum absolute atomic E-state index is 0.00563. The molecule has 210 valence electrons. The molecule has 0 aliphatic heterocycles. The molecule has 2 amide bonds. The summed E-state index contributed by atoms with van der Waals surface area (Å²) in [6, 6.07) is 9.42. The SMILES string of the molecule is CC(C)(CO)COC[C@@H](COC(=O)Nc1cc2cc(F)ccc2cn1)NC(=O)CNCc1cccc(F)c1Cl. The monoisotopic (exact) mass is 564 g/mol. The van der Waals surface area contributed by atoms with Crippen LogP contribution < -0.4 is 16.0 Å². The van der Waals surface area contributed by atoms with Crippen molar-refractivity contribution in [2.75, 3.05) is 38.3 Å². The number of amides is 2. The molecule has 2 aromatic carbocycles. The third-order valence-corrected chi connectivity index (χ3v) is 5.99. The molecule has 0 spiro atoms. The van der Waals surface area contributed by atoms with Gasteiger partial charge >= 0.3 is 6.09 Å². The molecule has 0 radical (unpaired) electrons. The van der Waals surface area contributed by atoms with E-state index in [2.05, 4.69) is 20.9 Å². The average Bonchev–Trinajstić information content (AvgIpc) is 2.89. The number of anilines is 1. The molecule has 12 heteroatoms. The van der Waals surface area contributed by atoms with Crippen LogP contribution in [0.5, 0.6) is 0 Å². The van der Waals surface area contributed by atoms with Crippen molar-refractivity contribution in [3.8, 4) is 0 Å². The van der Waals surface area contributed by atoms with Crippen molar-refractivity contribution in [2.24, 2.45) is 5.41 Å². The van der Waals surface area contributed by atoms with Crippen molar-refractivity contribution in [1.82, 2.24) is 15.6 Å². The summed E-state index contributed by atoms with van der Waals surface area (Å²) in [7, 11) is 0. The van der Waals surface area contributed by atoms with E-state index in [1.165, 1.54) is 36.5 Å². The second kappa shape index (κ2) is 14.1. The summed E-state index contributed by atoms with van der Waals surface area (Å²) in [4.78, 5) is 29.0. The maximum Gasteiger partial charge on any atom is 0.412 e. The van der Waals surface area contributed by atoms with Gasteiger partial charge in [0.15, 0.2) is 0 Å². The van der Waals surface area contributed by atoms with Crippen molar-refractivity contribution in [2.45, 2.75) is 26.4 Å². The average molecular weight is 565 g/mol. The highest BCUT2D eigenvalue weighted by atomic mass is 35.5. The minimum Gasteiger partial charge on any atom is -0.447 e. The summed E-state index contributed by atoms with van der Waals surface area (Å²) in [6.07, 6.45) is 0.667. The van der Waals surface area contributed by atoms with Gasteiger partial charge in [0.2, 0.25) is 5.91 Å². The first-order valence-corrected chi connectivity index (χ1v) is 12.5. The maximum atomic E-state index is 13.6. The van der Waals surface area contributed by atoms with Crippen molar-refractivity contribution >= 4 is 40.2 Å². The Kier molecular flexibility index (Phi) is 10.9. The van der Waals surface area contributed by atoms with Gasteiger partial charge in [-0.25, -0.2) is 18.6 Å². The molecule has 0 saturated heterocycles. The molecule has 0 fully saturated rings. The molecule has 3 aromatic rings. The van der Waals surface area contributed by atoms with Crippen molar-refractivity contribution < 1.29 is 33.0 Å². The summed E-state index contributed by atoms with van der Waals surface area (Å²) in [5.41, 5.74) is 0.000382. The molecular formula is C27H31ClF2N4O5. The highest BCUT2D eigenvalue weighted by Gasteiger charge is 2.20. The van der Waals surface area contributed by atoms with E-state index in [-0.39, 0.29) is 50.4 Å². The van der Waals surface area contributed by atoms with Gasteiger partial charge in [-0.3, -0.25) is 10.1 Å². The summed E-state index contributed by atoms with van der Waals surface area (Å²) in [5, 5.41) is 18.8. The number of aromatic nitrogens is 1. The topological polar surface area (TPSA) is 122 Å². The molecule has 3 rings (SSSR count). The highest BCUT2D eigenvalue weighted by molar-refractivity contribution is 6.31. The van der Waals surface area contributed by atoms with Crippen LogP contribution in [0.15, 0.2) is 48.7 Å². The number of hydrogen-bond donors (Lipinski definition) is 4. The Morgan fingerprint density at radius 2 is 1.92 bits per heavy atom. The second-order valence-electron chi connectivity index (χ2n) is 9.70. The Bertz CT molecular complexity index is 1290. The van der Waals surface area contributed by atoms with Crippen molar-refractivity contribution in [3.63, 3.8) is 0 Å². The normalized spacial score (nSPS) is 12.3. The number of halogens is 3. The predicted molar refractivity (Wildman–Crippen MR) is 143 cm³/mol. The first kappa shape index (κ1) is 30.2. The number of benzene rings is 2. The first-order valence-electron chi connectivity index (χ1n) is 12.2. The molecule has 39 heavy (non-hydrogen) atoms. The number of rotatable bonds is 13. The van der Waals surface area contributed by atoms with E-state index in [1.807, 2.05) is 13.8 Å². The predicted octanol–water partition coefficient (Wildman–Crippen LogP) is 4.02. The zero-order chi connectivity index (χ0) is 28.4. The molecule has 1 heterocycles. The maximum absolute atomic E-state index is 13.6. The van der Waals surface area contributed by atoms with Gasteiger partial charge < -0.3 is 25.2 Å². The van der Waals surface area contributed by atoms with Gasteiger partial charge in [-0.05, 0) is 41.3 Å². The van der Waals surface area contributed by atoms with Gasteiger partial charge in [-0.2, -0.15) is 0 Å². The minimum atomic E-state index is -0.827. The molecule has 0 saturated carbocycles. The van der Waals surface area contributed by atoms with Gasteiger partial charge in [0.25, 0.3) is 0 Å². The Morgan fingerprint density at radius 1 is 1.13 bits per heavy atom.